The summed E-state index contributed by atoms with van der Waals surface area (Å²) in [5.41, 5.74) is -1.68. The highest BCUT2D eigenvalue weighted by Gasteiger charge is 2.59. The quantitative estimate of drug-likeness (QED) is 0.154. The first-order valence-electron chi connectivity index (χ1n) is 15.8. The van der Waals surface area contributed by atoms with E-state index in [1.165, 1.54) is 0 Å². The molecule has 2 saturated heterocycles. The fourth-order valence-corrected chi connectivity index (χ4v) is 8.13. The van der Waals surface area contributed by atoms with Crippen LogP contribution in [0.15, 0.2) is 0 Å². The molecule has 0 radical (unpaired) electrons. The van der Waals surface area contributed by atoms with Gasteiger partial charge >= 0.3 is 5.97 Å². The van der Waals surface area contributed by atoms with E-state index in [-0.39, 0.29) is 34.4 Å². The van der Waals surface area contributed by atoms with E-state index >= 15 is 0 Å². The predicted molar refractivity (Wildman–Crippen MR) is 171 cm³/mol. The number of ether oxygens (including phenoxy) is 3. The van der Waals surface area contributed by atoms with Crippen molar-refractivity contribution in [2.45, 2.75) is 180 Å². The van der Waals surface area contributed by atoms with Gasteiger partial charge in [0.05, 0.1) is 47.6 Å². The molecular weight excluding hydrogens is 553 g/mol. The lowest BCUT2D eigenvalue weighted by molar-refractivity contribution is -0.304. The van der Waals surface area contributed by atoms with Crippen LogP contribution < -0.4 is 0 Å². The Bertz CT molecular complexity index is 886. The van der Waals surface area contributed by atoms with Gasteiger partial charge in [-0.25, -0.2) is 0 Å². The monoisotopic (exact) mass is 616 g/mol. The third-order valence-corrected chi connectivity index (χ3v) is 19.2. The molecule has 9 heteroatoms. The number of hydrogen-bond donors (Lipinski definition) is 1. The average molecular weight is 617 g/mol. The van der Waals surface area contributed by atoms with E-state index in [9.17, 15) is 9.90 Å². The summed E-state index contributed by atoms with van der Waals surface area (Å²) in [5.74, 6) is -0.211. The van der Waals surface area contributed by atoms with Crippen LogP contribution in [0.5, 0.6) is 0 Å². The molecule has 2 aliphatic heterocycles. The van der Waals surface area contributed by atoms with Crippen molar-refractivity contribution in [3.8, 4) is 0 Å². The van der Waals surface area contributed by atoms with Crippen LogP contribution in [-0.2, 0) is 27.9 Å². The van der Waals surface area contributed by atoms with Gasteiger partial charge in [-0.3, -0.25) is 4.79 Å². The molecular formula is C32H64O7Si2. The van der Waals surface area contributed by atoms with Crippen LogP contribution in [0.2, 0.25) is 36.3 Å². The lowest BCUT2D eigenvalue weighted by Crippen LogP contribution is -2.68. The number of carbonyl (C=O) groups excluding carboxylic acids is 1. The van der Waals surface area contributed by atoms with Crippen molar-refractivity contribution in [2.75, 3.05) is 13.2 Å². The smallest absolute Gasteiger partial charge is 0.311 e. The van der Waals surface area contributed by atoms with Gasteiger partial charge in [-0.2, -0.15) is 0 Å². The van der Waals surface area contributed by atoms with Gasteiger partial charge in [0.25, 0.3) is 0 Å². The van der Waals surface area contributed by atoms with Crippen molar-refractivity contribution in [3.63, 3.8) is 0 Å². The van der Waals surface area contributed by atoms with Gasteiger partial charge in [-0.1, -0.05) is 41.5 Å². The Kier molecular flexibility index (Phi) is 11.3. The van der Waals surface area contributed by atoms with E-state index < -0.39 is 39.4 Å². The largest absolute Gasteiger partial charge is 0.465 e. The second kappa shape index (κ2) is 12.6. The van der Waals surface area contributed by atoms with E-state index in [0.717, 1.165) is 6.42 Å². The summed E-state index contributed by atoms with van der Waals surface area (Å²) in [6.07, 6.45) is 1.81. The standard InChI is InChI=1S/C32H64O7Si2/c1-28(2,3)27(34)35-19-16-17-24-23(33)21-26-31(10,38-24)22-32(11,39-41(14,15)30(7,8)9)25(37-26)18-20-36-40(12,13)29(4,5)6/h23-26,33H,16-22H2,1-15H3/t23-,24+,25-,26+,31-,32+/m0/s1. The van der Waals surface area contributed by atoms with Gasteiger partial charge < -0.3 is 28.2 Å². The van der Waals surface area contributed by atoms with E-state index in [0.29, 0.717) is 38.9 Å². The Balaban J connectivity index is 2.21. The highest BCUT2D eigenvalue weighted by atomic mass is 28.4. The molecule has 2 fully saturated rings. The number of aliphatic hydroxyl groups excluding tert-OH is 1. The number of hydrogen-bond acceptors (Lipinski definition) is 7. The summed E-state index contributed by atoms with van der Waals surface area (Å²) in [7, 11) is -4.05. The highest BCUT2D eigenvalue weighted by Crippen LogP contribution is 2.50. The molecule has 1 N–H and O–H groups in total. The normalized spacial score (nSPS) is 32.0. The minimum Gasteiger partial charge on any atom is -0.465 e. The van der Waals surface area contributed by atoms with Gasteiger partial charge in [-0.05, 0) is 90.1 Å². The lowest BCUT2D eigenvalue weighted by atomic mass is 9.74. The molecule has 2 aliphatic rings. The summed E-state index contributed by atoms with van der Waals surface area (Å²) < 4.78 is 32.8. The third-order valence-electron chi connectivity index (χ3n) is 10.1. The van der Waals surface area contributed by atoms with Gasteiger partial charge in [0.15, 0.2) is 16.6 Å². The van der Waals surface area contributed by atoms with E-state index in [1.54, 1.807) is 0 Å². The van der Waals surface area contributed by atoms with Gasteiger partial charge in [0, 0.05) is 19.4 Å². The van der Waals surface area contributed by atoms with Crippen molar-refractivity contribution in [1.82, 2.24) is 0 Å². The average Bonchev–Trinajstić information content (AvgIpc) is 2.75. The van der Waals surface area contributed by atoms with Crippen LogP contribution in [0.3, 0.4) is 0 Å². The van der Waals surface area contributed by atoms with E-state index in [4.69, 9.17) is 23.1 Å². The molecule has 0 saturated carbocycles. The van der Waals surface area contributed by atoms with E-state index in [1.807, 2.05) is 20.8 Å². The second-order valence-corrected chi connectivity index (χ2v) is 26.7. The Morgan fingerprint density at radius 1 is 0.902 bits per heavy atom. The molecule has 0 aliphatic carbocycles. The Labute approximate surface area is 254 Å². The molecule has 0 amide bonds. The molecule has 0 aromatic heterocycles. The summed E-state index contributed by atoms with van der Waals surface area (Å²) in [5, 5.41) is 11.3. The Hall–Kier alpha value is -0.296. The molecule has 7 nitrogen and oxygen atoms in total. The minimum atomic E-state index is -2.15. The van der Waals surface area contributed by atoms with Crippen LogP contribution in [0.25, 0.3) is 0 Å². The number of aliphatic hydroxyl groups is 1. The SMILES string of the molecule is CC(C)(C)C(=O)OCCC[C@H]1O[C@@]2(C)C[C@@](C)(O[Si](C)(C)C(C)(C)C)[C@H](CCO[Si](C)(C)C(C)(C)C)O[C@@H]2C[C@@H]1O. The zero-order valence-electron chi connectivity index (χ0n) is 29.2. The van der Waals surface area contributed by atoms with Crippen LogP contribution in [0.1, 0.15) is 108 Å². The van der Waals surface area contributed by atoms with Crippen molar-refractivity contribution in [1.29, 1.82) is 0 Å². The van der Waals surface area contributed by atoms with Crippen molar-refractivity contribution < 1.29 is 33.0 Å². The molecule has 0 aromatic rings. The van der Waals surface area contributed by atoms with Crippen molar-refractivity contribution in [2.24, 2.45) is 5.41 Å². The van der Waals surface area contributed by atoms with Crippen molar-refractivity contribution >= 4 is 22.6 Å². The third kappa shape index (κ3) is 9.11. The molecule has 2 heterocycles. The summed E-state index contributed by atoms with van der Waals surface area (Å²) in [6.45, 7) is 33.6. The fourth-order valence-electron chi connectivity index (χ4n) is 5.39. The van der Waals surface area contributed by atoms with Crippen LogP contribution in [-0.4, -0.2) is 76.5 Å². The van der Waals surface area contributed by atoms with Gasteiger partial charge in [-0.15, -0.1) is 0 Å². The fraction of sp³-hybridized carbons (Fsp3) is 0.969. The van der Waals surface area contributed by atoms with E-state index in [2.05, 4.69) is 81.6 Å². The van der Waals surface area contributed by atoms with Crippen LogP contribution in [0, 0.1) is 5.41 Å². The first-order valence-corrected chi connectivity index (χ1v) is 21.6. The molecule has 0 bridgehead atoms. The molecule has 0 unspecified atom stereocenters. The number of rotatable bonds is 10. The molecule has 0 spiro atoms. The molecule has 2 rings (SSSR count). The maximum absolute atomic E-state index is 12.1. The minimum absolute atomic E-state index is 0.0482. The lowest BCUT2D eigenvalue weighted by Gasteiger charge is -2.59. The van der Waals surface area contributed by atoms with Gasteiger partial charge in [0.1, 0.15) is 0 Å². The Morgan fingerprint density at radius 2 is 1.46 bits per heavy atom. The number of esters is 1. The second-order valence-electron chi connectivity index (χ2n) is 17.2. The highest BCUT2D eigenvalue weighted by molar-refractivity contribution is 6.74. The van der Waals surface area contributed by atoms with Crippen molar-refractivity contribution in [3.05, 3.63) is 0 Å². The topological polar surface area (TPSA) is 83.5 Å². The summed E-state index contributed by atoms with van der Waals surface area (Å²) in [6, 6.07) is 0. The Morgan fingerprint density at radius 3 is 1.98 bits per heavy atom. The number of fused-ring (bicyclic) bond motifs is 1. The molecule has 0 aromatic carbocycles. The molecule has 242 valence electrons. The number of carbonyl (C=O) groups is 1. The summed E-state index contributed by atoms with van der Waals surface area (Å²) >= 11 is 0. The predicted octanol–water partition coefficient (Wildman–Crippen LogP) is 7.61. The van der Waals surface area contributed by atoms with Gasteiger partial charge in [0.2, 0.25) is 0 Å². The molecule has 41 heavy (non-hydrogen) atoms. The molecule has 6 atom stereocenters. The maximum Gasteiger partial charge on any atom is 0.311 e. The summed E-state index contributed by atoms with van der Waals surface area (Å²) in [4.78, 5) is 12.1. The van der Waals surface area contributed by atoms with Crippen LogP contribution in [0.4, 0.5) is 0 Å². The first-order chi connectivity index (χ1) is 18.2. The maximum atomic E-state index is 12.1. The first kappa shape index (κ1) is 36.9. The zero-order valence-corrected chi connectivity index (χ0v) is 31.2. The zero-order chi connectivity index (χ0) is 31.9. The van der Waals surface area contributed by atoms with Crippen LogP contribution >= 0.6 is 0 Å².